The molecular weight excluding hydrogens is 554 g/mol. The van der Waals surface area contributed by atoms with E-state index in [0.717, 1.165) is 25.7 Å². The lowest BCUT2D eigenvalue weighted by molar-refractivity contribution is -0.267. The summed E-state index contributed by atoms with van der Waals surface area (Å²) >= 11 is 0. The molecule has 3 unspecified atom stereocenters. The predicted molar refractivity (Wildman–Crippen MR) is 152 cm³/mol. The maximum absolute atomic E-state index is 13.4. The average molecular weight is 594 g/mol. The molecule has 10 nitrogen and oxygen atoms in total. The molecule has 2 aromatic rings. The standard InChI is InChI=1S/C33H39NO9/c1-31-11-10-24(42-29(38)18-8-9-18)32(2,16-40-28(37)17-6-7-17)22(31)14-23(35)33(3)27(31)26(36)25-21(43-33)13-20(41-30(25)39)19-5-4-12-34-15-19/h4-5,12-13,15,17-18,22-24,26-27,35-36H,6-11,14,16H2,1-3H3/t22?,23-,24-,26-,27?,31?,32+,33+/m0/s1. The van der Waals surface area contributed by atoms with Crippen molar-refractivity contribution in [2.75, 3.05) is 6.61 Å². The fourth-order valence-corrected chi connectivity index (χ4v) is 8.45. The van der Waals surface area contributed by atoms with Crippen LogP contribution in [-0.2, 0) is 19.1 Å². The molecule has 3 heterocycles. The van der Waals surface area contributed by atoms with E-state index in [1.807, 2.05) is 6.92 Å². The van der Waals surface area contributed by atoms with E-state index < -0.39 is 46.3 Å². The van der Waals surface area contributed by atoms with Gasteiger partial charge in [0.1, 0.15) is 35.4 Å². The van der Waals surface area contributed by atoms with E-state index in [0.29, 0.717) is 18.4 Å². The lowest BCUT2D eigenvalue weighted by atomic mass is 9.42. The van der Waals surface area contributed by atoms with E-state index in [4.69, 9.17) is 18.6 Å². The van der Waals surface area contributed by atoms with Crippen molar-refractivity contribution in [2.45, 2.75) is 89.6 Å². The molecule has 8 atom stereocenters. The number of rotatable bonds is 6. The first-order valence-electron chi connectivity index (χ1n) is 15.5. The summed E-state index contributed by atoms with van der Waals surface area (Å²) in [5.74, 6) is -1.26. The molecule has 7 rings (SSSR count). The van der Waals surface area contributed by atoms with Gasteiger partial charge in [-0.05, 0) is 75.3 Å². The number of carbonyl (C=O) groups excluding carboxylic acids is 2. The van der Waals surface area contributed by atoms with Crippen LogP contribution in [0.15, 0.2) is 39.8 Å². The highest BCUT2D eigenvalue weighted by atomic mass is 16.6. The molecule has 0 bridgehead atoms. The summed E-state index contributed by atoms with van der Waals surface area (Å²) in [4.78, 5) is 43.1. The number of nitrogens with zero attached hydrogens (tertiary/aromatic N) is 1. The second kappa shape index (κ2) is 9.89. The van der Waals surface area contributed by atoms with Crippen LogP contribution < -0.4 is 10.4 Å². The molecule has 0 aromatic carbocycles. The van der Waals surface area contributed by atoms with Crippen LogP contribution in [0.1, 0.15) is 77.4 Å². The zero-order chi connectivity index (χ0) is 30.3. The Balaban J connectivity index is 1.27. The van der Waals surface area contributed by atoms with Gasteiger partial charge in [0.15, 0.2) is 0 Å². The van der Waals surface area contributed by atoms with Gasteiger partial charge < -0.3 is 28.8 Å². The Morgan fingerprint density at radius 1 is 1.07 bits per heavy atom. The normalized spacial score (nSPS) is 38.1. The van der Waals surface area contributed by atoms with Crippen molar-refractivity contribution in [3.05, 3.63) is 46.6 Å². The molecule has 0 amide bonds. The highest BCUT2D eigenvalue weighted by molar-refractivity contribution is 5.75. The van der Waals surface area contributed by atoms with Gasteiger partial charge in [0.25, 0.3) is 0 Å². The number of hydrogen-bond donors (Lipinski definition) is 2. The lowest BCUT2D eigenvalue weighted by Gasteiger charge is -2.66. The fourth-order valence-electron chi connectivity index (χ4n) is 8.45. The third-order valence-electron chi connectivity index (χ3n) is 11.2. The van der Waals surface area contributed by atoms with Crippen molar-refractivity contribution in [2.24, 2.45) is 34.5 Å². The summed E-state index contributed by atoms with van der Waals surface area (Å²) in [5.41, 5.74) is -2.85. The molecule has 0 saturated heterocycles. The minimum atomic E-state index is -1.29. The van der Waals surface area contributed by atoms with Crippen LogP contribution in [-0.4, -0.2) is 51.6 Å². The number of aliphatic hydroxyl groups excluding tert-OH is 2. The Morgan fingerprint density at radius 2 is 1.79 bits per heavy atom. The highest BCUT2D eigenvalue weighted by Gasteiger charge is 2.70. The monoisotopic (exact) mass is 593 g/mol. The Labute approximate surface area is 249 Å². The zero-order valence-electron chi connectivity index (χ0n) is 24.8. The summed E-state index contributed by atoms with van der Waals surface area (Å²) < 4.78 is 24.2. The number of aliphatic hydroxyl groups is 2. The van der Waals surface area contributed by atoms with Crippen LogP contribution in [0.5, 0.6) is 5.75 Å². The van der Waals surface area contributed by atoms with E-state index in [-0.39, 0.29) is 59.8 Å². The van der Waals surface area contributed by atoms with Crippen LogP contribution in [0.25, 0.3) is 11.3 Å². The number of fused-ring (bicyclic) bond motifs is 4. The second-order valence-electron chi connectivity index (χ2n) is 14.1. The Bertz CT molecular complexity index is 1500. The van der Waals surface area contributed by atoms with Crippen molar-refractivity contribution in [1.29, 1.82) is 0 Å². The third kappa shape index (κ3) is 4.51. The van der Waals surface area contributed by atoms with E-state index in [1.54, 1.807) is 37.5 Å². The number of ether oxygens (including phenoxy) is 3. The molecule has 2 N–H and O–H groups in total. The Hall–Kier alpha value is -3.24. The SMILES string of the molecule is CC12CC[C@H](OC(=O)C3CC3)[C@](C)(COC(=O)C3CC3)C1C[C@H](O)[C@@]1(C)Oc3cc(-c4cccnc4)oc(=O)c3[C@H](O)C21. The van der Waals surface area contributed by atoms with E-state index in [2.05, 4.69) is 11.9 Å². The quantitative estimate of drug-likeness (QED) is 0.472. The van der Waals surface area contributed by atoms with Gasteiger partial charge in [0.05, 0.1) is 24.0 Å². The van der Waals surface area contributed by atoms with Gasteiger partial charge >= 0.3 is 17.6 Å². The van der Waals surface area contributed by atoms with Crippen LogP contribution in [0.3, 0.4) is 0 Å². The van der Waals surface area contributed by atoms with Crippen molar-refractivity contribution >= 4 is 11.9 Å². The number of carbonyl (C=O) groups is 2. The fraction of sp³-hybridized carbons (Fsp3) is 0.636. The van der Waals surface area contributed by atoms with Gasteiger partial charge in [0.2, 0.25) is 0 Å². The maximum Gasteiger partial charge on any atom is 0.345 e. The molecule has 4 fully saturated rings. The van der Waals surface area contributed by atoms with Gasteiger partial charge in [-0.1, -0.05) is 13.8 Å². The van der Waals surface area contributed by atoms with E-state index in [9.17, 15) is 24.6 Å². The zero-order valence-corrected chi connectivity index (χ0v) is 24.8. The highest BCUT2D eigenvalue weighted by Crippen LogP contribution is 2.67. The Kier molecular flexibility index (Phi) is 6.56. The largest absolute Gasteiger partial charge is 0.484 e. The van der Waals surface area contributed by atoms with E-state index >= 15 is 0 Å². The van der Waals surface area contributed by atoms with Crippen LogP contribution in [0, 0.1) is 34.5 Å². The maximum atomic E-state index is 13.4. The minimum Gasteiger partial charge on any atom is -0.484 e. The number of aromatic nitrogens is 1. The lowest BCUT2D eigenvalue weighted by Crippen LogP contribution is -2.71. The van der Waals surface area contributed by atoms with Crippen LogP contribution in [0.2, 0.25) is 0 Å². The smallest absolute Gasteiger partial charge is 0.345 e. The second-order valence-corrected chi connectivity index (χ2v) is 14.1. The summed E-state index contributed by atoms with van der Waals surface area (Å²) in [6.07, 6.45) is 4.89. The minimum absolute atomic E-state index is 0.0216. The summed E-state index contributed by atoms with van der Waals surface area (Å²) in [7, 11) is 0. The number of pyridine rings is 1. The first-order chi connectivity index (χ1) is 20.5. The van der Waals surface area contributed by atoms with Crippen LogP contribution >= 0.6 is 0 Å². The molecule has 5 aliphatic rings. The molecule has 230 valence electrons. The van der Waals surface area contributed by atoms with Crippen LogP contribution in [0.4, 0.5) is 0 Å². The predicted octanol–water partition coefficient (Wildman–Crippen LogP) is 3.96. The van der Waals surface area contributed by atoms with Crippen molar-refractivity contribution in [1.82, 2.24) is 4.98 Å². The van der Waals surface area contributed by atoms with Crippen molar-refractivity contribution in [3.8, 4) is 17.1 Å². The summed E-state index contributed by atoms with van der Waals surface area (Å²) in [5, 5.41) is 23.8. The van der Waals surface area contributed by atoms with E-state index in [1.165, 1.54) is 0 Å². The summed E-state index contributed by atoms with van der Waals surface area (Å²) in [6, 6.07) is 5.06. The van der Waals surface area contributed by atoms with Crippen molar-refractivity contribution in [3.63, 3.8) is 0 Å². The van der Waals surface area contributed by atoms with Gasteiger partial charge in [-0.3, -0.25) is 14.6 Å². The molecule has 43 heavy (non-hydrogen) atoms. The third-order valence-corrected chi connectivity index (χ3v) is 11.2. The summed E-state index contributed by atoms with van der Waals surface area (Å²) in [6.45, 7) is 5.84. The average Bonchev–Trinajstić information content (AvgIpc) is 3.88. The first kappa shape index (κ1) is 28.5. The number of hydrogen-bond acceptors (Lipinski definition) is 10. The van der Waals surface area contributed by atoms with Gasteiger partial charge in [-0.25, -0.2) is 4.79 Å². The van der Waals surface area contributed by atoms with Gasteiger partial charge in [-0.2, -0.15) is 0 Å². The molecule has 0 radical (unpaired) electrons. The first-order valence-corrected chi connectivity index (χ1v) is 15.5. The van der Waals surface area contributed by atoms with Gasteiger partial charge in [-0.15, -0.1) is 0 Å². The number of esters is 2. The molecule has 10 heteroatoms. The molecule has 1 aliphatic heterocycles. The molecule has 4 saturated carbocycles. The van der Waals surface area contributed by atoms with Gasteiger partial charge in [0, 0.05) is 35.4 Å². The van der Waals surface area contributed by atoms with Crippen molar-refractivity contribution < 1.29 is 38.4 Å². The Morgan fingerprint density at radius 3 is 2.47 bits per heavy atom. The molecule has 0 spiro atoms. The topological polar surface area (TPSA) is 145 Å². The molecule has 4 aliphatic carbocycles. The molecule has 2 aromatic heterocycles. The molecular formula is C33H39NO9.